The van der Waals surface area contributed by atoms with Crippen LogP contribution in [0.4, 0.5) is 11.8 Å². The molecule has 1 saturated heterocycles. The molecule has 4 rings (SSSR count). The number of fused-ring (bicyclic) bond motifs is 3. The van der Waals surface area contributed by atoms with E-state index < -0.39 is 0 Å². The first kappa shape index (κ1) is 14.6. The van der Waals surface area contributed by atoms with Gasteiger partial charge in [0.2, 0.25) is 5.95 Å². The summed E-state index contributed by atoms with van der Waals surface area (Å²) in [4.78, 5) is 14.2. The summed E-state index contributed by atoms with van der Waals surface area (Å²) < 4.78 is 0. The first-order valence-electron chi connectivity index (χ1n) is 8.61. The molecule has 0 bridgehead atoms. The molecule has 2 aromatic rings. The maximum atomic E-state index is 4.77. The number of rotatable bonds is 3. The van der Waals surface area contributed by atoms with Gasteiger partial charge in [-0.2, -0.15) is 9.97 Å². The molecule has 0 aromatic carbocycles. The van der Waals surface area contributed by atoms with E-state index in [9.17, 15) is 0 Å². The van der Waals surface area contributed by atoms with Crippen molar-refractivity contribution in [3.8, 4) is 0 Å². The number of nitrogens with zero attached hydrogens (tertiary/aromatic N) is 3. The van der Waals surface area contributed by atoms with Crippen LogP contribution >= 0.6 is 0 Å². The zero-order valence-corrected chi connectivity index (χ0v) is 13.9. The molecule has 0 radical (unpaired) electrons. The molecule has 1 aliphatic carbocycles. The van der Waals surface area contributed by atoms with Crippen LogP contribution in [-0.2, 0) is 12.8 Å². The van der Waals surface area contributed by atoms with Gasteiger partial charge in [0.25, 0.3) is 0 Å². The topological polar surface area (TPSA) is 74.8 Å². The van der Waals surface area contributed by atoms with E-state index in [4.69, 9.17) is 15.0 Å². The molecule has 1 fully saturated rings. The molecule has 6 heteroatoms. The van der Waals surface area contributed by atoms with Gasteiger partial charge in [-0.3, -0.25) is 0 Å². The van der Waals surface area contributed by atoms with Gasteiger partial charge in [-0.15, -0.1) is 0 Å². The molecule has 6 nitrogen and oxygen atoms in total. The first-order valence-corrected chi connectivity index (χ1v) is 8.61. The van der Waals surface area contributed by atoms with E-state index in [-0.39, 0.29) is 0 Å². The predicted octanol–water partition coefficient (Wildman–Crippen LogP) is 2.03. The van der Waals surface area contributed by atoms with Crippen molar-refractivity contribution in [2.24, 2.45) is 0 Å². The molecule has 3 N–H and O–H groups in total. The number of pyridine rings is 1. The first-order chi connectivity index (χ1) is 11.3. The normalized spacial score (nSPS) is 18.2. The van der Waals surface area contributed by atoms with Crippen LogP contribution in [0.1, 0.15) is 36.1 Å². The smallest absolute Gasteiger partial charge is 0.226 e. The predicted molar refractivity (Wildman–Crippen MR) is 93.2 cm³/mol. The second-order valence-electron chi connectivity index (χ2n) is 6.52. The SMILES string of the molecule is CNc1nc(NC2CCNCC2)nc2nc(C)c3c(c12)CCC3. The molecule has 0 unspecified atom stereocenters. The molecule has 0 atom stereocenters. The number of hydrogen-bond donors (Lipinski definition) is 3. The third-order valence-corrected chi connectivity index (χ3v) is 5.03. The molecule has 2 aliphatic rings. The maximum Gasteiger partial charge on any atom is 0.226 e. The van der Waals surface area contributed by atoms with Crippen molar-refractivity contribution in [2.75, 3.05) is 30.8 Å². The third kappa shape index (κ3) is 2.61. The zero-order chi connectivity index (χ0) is 15.8. The summed E-state index contributed by atoms with van der Waals surface area (Å²) in [7, 11) is 1.93. The molecule has 1 aliphatic heterocycles. The largest absolute Gasteiger partial charge is 0.372 e. The molecule has 3 heterocycles. The van der Waals surface area contributed by atoms with Crippen molar-refractivity contribution in [1.29, 1.82) is 0 Å². The molecular formula is C17H24N6. The highest BCUT2D eigenvalue weighted by atomic mass is 15.2. The number of aromatic nitrogens is 3. The lowest BCUT2D eigenvalue weighted by atomic mass is 10.1. The summed E-state index contributed by atoms with van der Waals surface area (Å²) in [5.74, 6) is 1.59. The van der Waals surface area contributed by atoms with E-state index in [0.717, 1.165) is 61.3 Å². The average Bonchev–Trinajstić information content (AvgIpc) is 3.05. The van der Waals surface area contributed by atoms with Gasteiger partial charge < -0.3 is 16.0 Å². The van der Waals surface area contributed by atoms with E-state index in [1.54, 1.807) is 0 Å². The molecule has 2 aromatic heterocycles. The third-order valence-electron chi connectivity index (χ3n) is 5.03. The second-order valence-corrected chi connectivity index (χ2v) is 6.52. The number of anilines is 2. The van der Waals surface area contributed by atoms with Crippen LogP contribution < -0.4 is 16.0 Å². The Morgan fingerprint density at radius 1 is 1.04 bits per heavy atom. The Kier molecular flexibility index (Phi) is 3.77. The average molecular weight is 312 g/mol. The Hall–Kier alpha value is -1.95. The minimum atomic E-state index is 0.439. The van der Waals surface area contributed by atoms with Gasteiger partial charge in [0.05, 0.1) is 5.39 Å². The zero-order valence-electron chi connectivity index (χ0n) is 13.9. The molecule has 0 spiro atoms. The van der Waals surface area contributed by atoms with Gasteiger partial charge in [0.15, 0.2) is 5.65 Å². The van der Waals surface area contributed by atoms with E-state index >= 15 is 0 Å². The van der Waals surface area contributed by atoms with Crippen LogP contribution in [0.15, 0.2) is 0 Å². The van der Waals surface area contributed by atoms with Crippen LogP contribution in [-0.4, -0.2) is 41.1 Å². The Bertz CT molecular complexity index is 736. The van der Waals surface area contributed by atoms with Crippen LogP contribution in [0.25, 0.3) is 11.0 Å². The van der Waals surface area contributed by atoms with E-state index in [0.29, 0.717) is 12.0 Å². The lowest BCUT2D eigenvalue weighted by Crippen LogP contribution is -2.35. The summed E-state index contributed by atoms with van der Waals surface area (Å²) >= 11 is 0. The van der Waals surface area contributed by atoms with Crippen LogP contribution in [0.5, 0.6) is 0 Å². The number of hydrogen-bond acceptors (Lipinski definition) is 6. The van der Waals surface area contributed by atoms with Crippen molar-refractivity contribution < 1.29 is 0 Å². The minimum Gasteiger partial charge on any atom is -0.372 e. The quantitative estimate of drug-likeness (QED) is 0.805. The molecular weight excluding hydrogens is 288 g/mol. The maximum absolute atomic E-state index is 4.77. The Labute approximate surface area is 136 Å². The molecule has 23 heavy (non-hydrogen) atoms. The van der Waals surface area contributed by atoms with Crippen molar-refractivity contribution in [1.82, 2.24) is 20.3 Å². The standard InChI is InChI=1S/C17H24N6/c1-10-12-4-3-5-13(12)14-15(18-2)22-17(23-16(14)20-10)21-11-6-8-19-9-7-11/h11,19H,3-9H2,1-2H3,(H2,18,20,21,22,23). The van der Waals surface area contributed by atoms with E-state index in [2.05, 4.69) is 22.9 Å². The van der Waals surface area contributed by atoms with Gasteiger partial charge in [0.1, 0.15) is 5.82 Å². The van der Waals surface area contributed by atoms with Crippen LogP contribution in [0, 0.1) is 6.92 Å². The number of nitrogens with one attached hydrogen (secondary N) is 3. The van der Waals surface area contributed by atoms with Crippen molar-refractivity contribution in [3.63, 3.8) is 0 Å². The van der Waals surface area contributed by atoms with E-state index in [1.807, 2.05) is 7.05 Å². The van der Waals surface area contributed by atoms with Crippen LogP contribution in [0.2, 0.25) is 0 Å². The highest BCUT2D eigenvalue weighted by Gasteiger charge is 2.22. The van der Waals surface area contributed by atoms with Gasteiger partial charge in [0, 0.05) is 18.8 Å². The van der Waals surface area contributed by atoms with Gasteiger partial charge in [-0.1, -0.05) is 0 Å². The highest BCUT2D eigenvalue weighted by molar-refractivity contribution is 5.92. The van der Waals surface area contributed by atoms with Crippen molar-refractivity contribution in [3.05, 3.63) is 16.8 Å². The fraction of sp³-hybridized carbons (Fsp3) is 0.588. The summed E-state index contributed by atoms with van der Waals surface area (Å²) in [6, 6.07) is 0.439. The summed E-state index contributed by atoms with van der Waals surface area (Å²) in [5, 5.41) is 11.2. The Morgan fingerprint density at radius 3 is 2.61 bits per heavy atom. The molecule has 122 valence electrons. The van der Waals surface area contributed by atoms with Gasteiger partial charge in [-0.05, 0) is 63.2 Å². The number of piperidine rings is 1. The van der Waals surface area contributed by atoms with E-state index in [1.165, 1.54) is 17.5 Å². The van der Waals surface area contributed by atoms with Gasteiger partial charge in [-0.25, -0.2) is 4.98 Å². The Balaban J connectivity index is 1.78. The summed E-state index contributed by atoms with van der Waals surface area (Å²) in [6.07, 6.45) is 5.64. The van der Waals surface area contributed by atoms with Crippen LogP contribution in [0.3, 0.4) is 0 Å². The second kappa shape index (κ2) is 5.92. The fourth-order valence-corrected chi connectivity index (χ4v) is 3.85. The summed E-state index contributed by atoms with van der Waals surface area (Å²) in [6.45, 7) is 4.20. The van der Waals surface area contributed by atoms with Crippen molar-refractivity contribution >= 4 is 22.8 Å². The number of aryl methyl sites for hydroxylation is 2. The summed E-state index contributed by atoms with van der Waals surface area (Å²) in [5.41, 5.74) is 4.74. The minimum absolute atomic E-state index is 0.439. The Morgan fingerprint density at radius 2 is 1.83 bits per heavy atom. The molecule has 0 saturated carbocycles. The lowest BCUT2D eigenvalue weighted by molar-refractivity contribution is 0.477. The monoisotopic (exact) mass is 312 g/mol. The molecule has 0 amide bonds. The highest BCUT2D eigenvalue weighted by Crippen LogP contribution is 2.34. The fourth-order valence-electron chi connectivity index (χ4n) is 3.85. The van der Waals surface area contributed by atoms with Gasteiger partial charge >= 0.3 is 0 Å². The van der Waals surface area contributed by atoms with Crippen molar-refractivity contribution in [2.45, 2.75) is 45.1 Å². The lowest BCUT2D eigenvalue weighted by Gasteiger charge is -2.24.